The van der Waals surface area contributed by atoms with Gasteiger partial charge in [-0.25, -0.2) is 0 Å². The highest BCUT2D eigenvalue weighted by molar-refractivity contribution is 4.93. The van der Waals surface area contributed by atoms with E-state index in [0.29, 0.717) is 10.8 Å². The molecule has 0 saturated heterocycles. The summed E-state index contributed by atoms with van der Waals surface area (Å²) in [4.78, 5) is 0. The largest absolute Gasteiger partial charge is 0.317 e. The Hall–Kier alpha value is -0.0400. The standard InChI is InChI=1S/C15H33N/c1-8-13(4)15(9-2,14(5,6)7)11-12-16-10-3/h13,16H,8-12H2,1-7H3. The molecule has 0 saturated carbocycles. The molecule has 16 heavy (non-hydrogen) atoms. The van der Waals surface area contributed by atoms with Crippen LogP contribution in [0.1, 0.15) is 67.7 Å². The Bertz CT molecular complexity index is 180. The van der Waals surface area contributed by atoms with Crippen molar-refractivity contribution in [2.45, 2.75) is 67.7 Å². The van der Waals surface area contributed by atoms with E-state index in [0.717, 1.165) is 19.0 Å². The smallest absolute Gasteiger partial charge is 0.00434 e. The molecule has 98 valence electrons. The molecule has 0 aromatic rings. The van der Waals surface area contributed by atoms with Crippen LogP contribution < -0.4 is 5.32 Å². The van der Waals surface area contributed by atoms with Gasteiger partial charge < -0.3 is 5.32 Å². The van der Waals surface area contributed by atoms with Crippen molar-refractivity contribution in [1.82, 2.24) is 5.32 Å². The average molecular weight is 227 g/mol. The molecule has 0 aliphatic rings. The predicted octanol–water partition coefficient (Wildman–Crippen LogP) is 4.47. The van der Waals surface area contributed by atoms with E-state index in [1.807, 2.05) is 0 Å². The lowest BCUT2D eigenvalue weighted by Crippen LogP contribution is -2.43. The molecule has 0 heterocycles. The summed E-state index contributed by atoms with van der Waals surface area (Å²) in [6.45, 7) is 18.8. The monoisotopic (exact) mass is 227 g/mol. The lowest BCUT2D eigenvalue weighted by atomic mass is 9.56. The molecule has 0 fully saturated rings. The van der Waals surface area contributed by atoms with Gasteiger partial charge in [0.25, 0.3) is 0 Å². The van der Waals surface area contributed by atoms with Gasteiger partial charge in [0, 0.05) is 0 Å². The van der Waals surface area contributed by atoms with Gasteiger partial charge in [-0.05, 0) is 42.7 Å². The van der Waals surface area contributed by atoms with Crippen molar-refractivity contribution >= 4 is 0 Å². The number of nitrogens with one attached hydrogen (secondary N) is 1. The highest BCUT2D eigenvalue weighted by Gasteiger charge is 2.43. The second-order valence-electron chi connectivity index (χ2n) is 6.17. The van der Waals surface area contributed by atoms with E-state index in [2.05, 4.69) is 53.8 Å². The first-order valence-corrected chi connectivity index (χ1v) is 7.06. The number of hydrogen-bond acceptors (Lipinski definition) is 1. The number of rotatable bonds is 7. The average Bonchev–Trinajstić information content (AvgIpc) is 2.22. The zero-order valence-corrected chi connectivity index (χ0v) is 12.6. The Kier molecular flexibility index (Phi) is 6.62. The Balaban J connectivity index is 4.83. The molecular formula is C15H33N. The third-order valence-electron chi connectivity index (χ3n) is 4.68. The minimum Gasteiger partial charge on any atom is -0.317 e. The van der Waals surface area contributed by atoms with Gasteiger partial charge in [-0.1, -0.05) is 54.9 Å². The SMILES string of the molecule is CCNCCC(CC)(C(C)CC)C(C)(C)C. The van der Waals surface area contributed by atoms with Gasteiger partial charge in [0.2, 0.25) is 0 Å². The molecule has 0 aromatic heterocycles. The Labute approximate surface area is 103 Å². The topological polar surface area (TPSA) is 12.0 Å². The normalized spacial score (nSPS) is 18.2. The molecule has 0 bridgehead atoms. The van der Waals surface area contributed by atoms with Crippen molar-refractivity contribution in [3.05, 3.63) is 0 Å². The molecule has 0 aliphatic carbocycles. The summed E-state index contributed by atoms with van der Waals surface area (Å²) in [5.41, 5.74) is 0.872. The second kappa shape index (κ2) is 6.64. The molecule has 0 aromatic carbocycles. The Morgan fingerprint density at radius 2 is 1.62 bits per heavy atom. The van der Waals surface area contributed by atoms with Crippen LogP contribution in [-0.2, 0) is 0 Å². The van der Waals surface area contributed by atoms with Crippen molar-refractivity contribution in [2.24, 2.45) is 16.7 Å². The van der Waals surface area contributed by atoms with Crippen molar-refractivity contribution in [3.63, 3.8) is 0 Å². The molecule has 2 atom stereocenters. The highest BCUT2D eigenvalue weighted by atomic mass is 14.8. The van der Waals surface area contributed by atoms with Crippen LogP contribution in [-0.4, -0.2) is 13.1 Å². The third kappa shape index (κ3) is 3.48. The van der Waals surface area contributed by atoms with Crippen LogP contribution >= 0.6 is 0 Å². The van der Waals surface area contributed by atoms with Crippen LogP contribution in [0.25, 0.3) is 0 Å². The van der Waals surface area contributed by atoms with Gasteiger partial charge in [0.1, 0.15) is 0 Å². The van der Waals surface area contributed by atoms with Gasteiger partial charge in [0.15, 0.2) is 0 Å². The molecule has 0 rings (SSSR count). The molecule has 0 spiro atoms. The minimum absolute atomic E-state index is 0.395. The van der Waals surface area contributed by atoms with Gasteiger partial charge >= 0.3 is 0 Å². The van der Waals surface area contributed by atoms with Crippen molar-refractivity contribution in [1.29, 1.82) is 0 Å². The van der Waals surface area contributed by atoms with E-state index in [1.54, 1.807) is 0 Å². The summed E-state index contributed by atoms with van der Waals surface area (Å²) in [5, 5.41) is 3.49. The summed E-state index contributed by atoms with van der Waals surface area (Å²) in [7, 11) is 0. The molecular weight excluding hydrogens is 194 g/mol. The van der Waals surface area contributed by atoms with Crippen molar-refractivity contribution < 1.29 is 0 Å². The van der Waals surface area contributed by atoms with Gasteiger partial charge in [0.05, 0.1) is 0 Å². The first kappa shape index (κ1) is 16.0. The number of hydrogen-bond donors (Lipinski definition) is 1. The summed E-state index contributed by atoms with van der Waals surface area (Å²) in [5.74, 6) is 0.802. The minimum atomic E-state index is 0.395. The van der Waals surface area contributed by atoms with E-state index < -0.39 is 0 Å². The zero-order valence-electron chi connectivity index (χ0n) is 12.6. The van der Waals surface area contributed by atoms with E-state index in [-0.39, 0.29) is 0 Å². The quantitative estimate of drug-likeness (QED) is 0.633. The van der Waals surface area contributed by atoms with Crippen molar-refractivity contribution in [3.8, 4) is 0 Å². The Morgan fingerprint density at radius 3 is 1.94 bits per heavy atom. The fraction of sp³-hybridized carbons (Fsp3) is 1.00. The first-order valence-electron chi connectivity index (χ1n) is 7.06. The van der Waals surface area contributed by atoms with E-state index >= 15 is 0 Å². The molecule has 1 N–H and O–H groups in total. The fourth-order valence-electron chi connectivity index (χ4n) is 3.30. The van der Waals surface area contributed by atoms with Crippen LogP contribution in [0.4, 0.5) is 0 Å². The van der Waals surface area contributed by atoms with E-state index in [1.165, 1.54) is 19.3 Å². The molecule has 0 amide bonds. The van der Waals surface area contributed by atoms with Gasteiger partial charge in [-0.3, -0.25) is 0 Å². The van der Waals surface area contributed by atoms with Crippen LogP contribution in [0.15, 0.2) is 0 Å². The summed E-state index contributed by atoms with van der Waals surface area (Å²) < 4.78 is 0. The van der Waals surface area contributed by atoms with Crippen molar-refractivity contribution in [2.75, 3.05) is 13.1 Å². The maximum atomic E-state index is 3.49. The summed E-state index contributed by atoms with van der Waals surface area (Å²) >= 11 is 0. The lowest BCUT2D eigenvalue weighted by Gasteiger charge is -2.49. The Morgan fingerprint density at radius 1 is 1.06 bits per heavy atom. The van der Waals surface area contributed by atoms with Crippen LogP contribution in [0.5, 0.6) is 0 Å². The van der Waals surface area contributed by atoms with Crippen LogP contribution in [0.3, 0.4) is 0 Å². The van der Waals surface area contributed by atoms with Gasteiger partial charge in [-0.15, -0.1) is 0 Å². The van der Waals surface area contributed by atoms with E-state index in [4.69, 9.17) is 0 Å². The molecule has 2 unspecified atom stereocenters. The lowest BCUT2D eigenvalue weighted by molar-refractivity contribution is 0.00676. The first-order chi connectivity index (χ1) is 7.35. The zero-order chi connectivity index (χ0) is 12.8. The molecule has 0 aliphatic heterocycles. The second-order valence-corrected chi connectivity index (χ2v) is 6.17. The third-order valence-corrected chi connectivity index (χ3v) is 4.68. The van der Waals surface area contributed by atoms with Crippen LogP contribution in [0.2, 0.25) is 0 Å². The maximum absolute atomic E-state index is 3.49. The fourth-order valence-corrected chi connectivity index (χ4v) is 3.30. The van der Waals surface area contributed by atoms with Gasteiger partial charge in [-0.2, -0.15) is 0 Å². The summed E-state index contributed by atoms with van der Waals surface area (Å²) in [6.07, 6.45) is 3.88. The van der Waals surface area contributed by atoms with Crippen LogP contribution in [0, 0.1) is 16.7 Å². The highest BCUT2D eigenvalue weighted by Crippen LogP contribution is 2.50. The van der Waals surface area contributed by atoms with E-state index in [9.17, 15) is 0 Å². The molecule has 0 radical (unpaired) electrons. The maximum Gasteiger partial charge on any atom is -0.00434 e. The predicted molar refractivity (Wildman–Crippen MR) is 74.8 cm³/mol. The molecule has 1 nitrogen and oxygen atoms in total. The summed E-state index contributed by atoms with van der Waals surface area (Å²) in [6, 6.07) is 0. The molecule has 1 heteroatoms.